The van der Waals surface area contributed by atoms with Crippen LogP contribution < -0.4 is 5.73 Å². The Balaban J connectivity index is 2.26. The number of benzene rings is 1. The second kappa shape index (κ2) is 4.37. The van der Waals surface area contributed by atoms with E-state index in [1.807, 2.05) is 24.3 Å². The summed E-state index contributed by atoms with van der Waals surface area (Å²) < 4.78 is 0.859. The minimum absolute atomic E-state index is 0.313. The standard InChI is InChI=1S/C14H10N2O2S/c15-9-3-1-2-8(4-9)11-6-16-7-13-10(11)5-12(19-13)14(17)18/h1-7H,15H2,(H,17,18). The lowest BCUT2D eigenvalue weighted by atomic mass is 10.0. The molecule has 0 aliphatic rings. The highest BCUT2D eigenvalue weighted by Gasteiger charge is 2.12. The quantitative estimate of drug-likeness (QED) is 0.701. The van der Waals surface area contributed by atoms with Crippen LogP contribution in [0.1, 0.15) is 9.67 Å². The Morgan fingerprint density at radius 2 is 2.11 bits per heavy atom. The fourth-order valence-corrected chi connectivity index (χ4v) is 2.90. The number of aromatic carboxylic acids is 1. The van der Waals surface area contributed by atoms with E-state index in [0.29, 0.717) is 10.6 Å². The van der Waals surface area contributed by atoms with Gasteiger partial charge in [-0.2, -0.15) is 0 Å². The van der Waals surface area contributed by atoms with Crippen LogP contribution in [0.25, 0.3) is 21.2 Å². The van der Waals surface area contributed by atoms with Crippen molar-refractivity contribution in [3.05, 3.63) is 47.6 Å². The minimum atomic E-state index is -0.917. The highest BCUT2D eigenvalue weighted by molar-refractivity contribution is 7.20. The molecular weight excluding hydrogens is 260 g/mol. The van der Waals surface area contributed by atoms with Crippen LogP contribution in [0, 0.1) is 0 Å². The third-order valence-electron chi connectivity index (χ3n) is 2.85. The van der Waals surface area contributed by atoms with Crippen LogP contribution in [0.2, 0.25) is 0 Å². The number of nitrogens with two attached hydrogens (primary N) is 1. The first-order valence-electron chi connectivity index (χ1n) is 5.62. The molecule has 3 N–H and O–H groups in total. The van der Waals surface area contributed by atoms with Gasteiger partial charge in [0.25, 0.3) is 0 Å². The van der Waals surface area contributed by atoms with E-state index in [1.54, 1.807) is 18.5 Å². The van der Waals surface area contributed by atoms with Gasteiger partial charge < -0.3 is 10.8 Å². The summed E-state index contributed by atoms with van der Waals surface area (Å²) in [6.45, 7) is 0. The number of hydrogen-bond acceptors (Lipinski definition) is 4. The highest BCUT2D eigenvalue weighted by Crippen LogP contribution is 2.33. The second-order valence-electron chi connectivity index (χ2n) is 4.14. The Hall–Kier alpha value is -2.40. The maximum Gasteiger partial charge on any atom is 0.345 e. The van der Waals surface area contributed by atoms with Crippen molar-refractivity contribution < 1.29 is 9.90 Å². The third kappa shape index (κ3) is 2.04. The van der Waals surface area contributed by atoms with Crippen LogP contribution in [0.4, 0.5) is 5.69 Å². The van der Waals surface area contributed by atoms with Crippen molar-refractivity contribution in [1.29, 1.82) is 0 Å². The lowest BCUT2D eigenvalue weighted by molar-refractivity contribution is 0.0702. The number of carbonyl (C=O) groups is 1. The number of carboxylic acids is 1. The second-order valence-corrected chi connectivity index (χ2v) is 5.22. The summed E-state index contributed by atoms with van der Waals surface area (Å²) in [7, 11) is 0. The number of nitrogen functional groups attached to an aromatic ring is 1. The van der Waals surface area contributed by atoms with Gasteiger partial charge >= 0.3 is 5.97 Å². The Labute approximate surface area is 113 Å². The van der Waals surface area contributed by atoms with Crippen molar-refractivity contribution in [3.8, 4) is 11.1 Å². The van der Waals surface area contributed by atoms with Gasteiger partial charge in [0.15, 0.2) is 0 Å². The molecule has 1 aromatic carbocycles. The maximum absolute atomic E-state index is 11.0. The van der Waals surface area contributed by atoms with E-state index in [0.717, 1.165) is 21.2 Å². The fourth-order valence-electron chi connectivity index (χ4n) is 2.00. The largest absolute Gasteiger partial charge is 0.477 e. The van der Waals surface area contributed by atoms with Crippen LogP contribution in [0.15, 0.2) is 42.7 Å². The van der Waals surface area contributed by atoms with Crippen molar-refractivity contribution in [2.45, 2.75) is 0 Å². The van der Waals surface area contributed by atoms with E-state index in [9.17, 15) is 4.79 Å². The molecule has 2 aromatic heterocycles. The van der Waals surface area contributed by atoms with E-state index in [2.05, 4.69) is 4.98 Å². The topological polar surface area (TPSA) is 76.2 Å². The number of carboxylic acid groups (broad SMARTS) is 1. The first kappa shape index (κ1) is 11.7. The molecule has 0 radical (unpaired) electrons. The number of rotatable bonds is 2. The van der Waals surface area contributed by atoms with E-state index < -0.39 is 5.97 Å². The normalized spacial score (nSPS) is 10.7. The molecule has 0 saturated heterocycles. The predicted octanol–water partition coefficient (Wildman–Crippen LogP) is 3.24. The molecule has 0 amide bonds. The summed E-state index contributed by atoms with van der Waals surface area (Å²) >= 11 is 1.23. The molecule has 0 bridgehead atoms. The molecule has 0 spiro atoms. The number of aromatic nitrogens is 1. The van der Waals surface area contributed by atoms with Gasteiger partial charge in [-0.15, -0.1) is 11.3 Å². The number of nitrogens with zero attached hydrogens (tertiary/aromatic N) is 1. The smallest absolute Gasteiger partial charge is 0.345 e. The van der Waals surface area contributed by atoms with Crippen LogP contribution in [-0.2, 0) is 0 Å². The molecule has 0 unspecified atom stereocenters. The molecule has 4 nitrogen and oxygen atoms in total. The zero-order valence-electron chi connectivity index (χ0n) is 9.83. The fraction of sp³-hybridized carbons (Fsp3) is 0. The SMILES string of the molecule is Nc1cccc(-c2cncc3sc(C(=O)O)cc23)c1. The summed E-state index contributed by atoms with van der Waals surface area (Å²) in [5, 5.41) is 9.95. The van der Waals surface area contributed by atoms with Crippen molar-refractivity contribution >= 4 is 33.1 Å². The Morgan fingerprint density at radius 1 is 1.26 bits per heavy atom. The van der Waals surface area contributed by atoms with Crippen LogP contribution in [-0.4, -0.2) is 16.1 Å². The molecule has 0 aliphatic carbocycles. The highest BCUT2D eigenvalue weighted by atomic mass is 32.1. The van der Waals surface area contributed by atoms with E-state index in [4.69, 9.17) is 10.8 Å². The molecule has 3 aromatic rings. The number of anilines is 1. The molecule has 0 atom stereocenters. The van der Waals surface area contributed by atoms with Crippen molar-refractivity contribution in [1.82, 2.24) is 4.98 Å². The van der Waals surface area contributed by atoms with Gasteiger partial charge in [0.2, 0.25) is 0 Å². The predicted molar refractivity (Wildman–Crippen MR) is 76.4 cm³/mol. The molecule has 3 rings (SSSR count). The van der Waals surface area contributed by atoms with Gasteiger partial charge in [-0.3, -0.25) is 4.98 Å². The van der Waals surface area contributed by atoms with Crippen LogP contribution in [0.5, 0.6) is 0 Å². The zero-order valence-corrected chi connectivity index (χ0v) is 10.6. The average molecular weight is 270 g/mol. The first-order chi connectivity index (χ1) is 9.15. The van der Waals surface area contributed by atoms with Crippen molar-refractivity contribution in [2.75, 3.05) is 5.73 Å². The summed E-state index contributed by atoms with van der Waals surface area (Å²) in [6.07, 6.45) is 3.41. The summed E-state index contributed by atoms with van der Waals surface area (Å²) in [5.41, 5.74) is 8.29. The van der Waals surface area contributed by atoms with Gasteiger partial charge in [-0.05, 0) is 23.8 Å². The average Bonchev–Trinajstić information content (AvgIpc) is 2.82. The van der Waals surface area contributed by atoms with E-state index in [1.165, 1.54) is 11.3 Å². The summed E-state index contributed by atoms with van der Waals surface area (Å²) in [5.74, 6) is -0.917. The molecule has 0 fully saturated rings. The third-order valence-corrected chi connectivity index (χ3v) is 3.91. The van der Waals surface area contributed by atoms with Gasteiger partial charge in [0, 0.05) is 29.0 Å². The molecular formula is C14H10N2O2S. The Morgan fingerprint density at radius 3 is 2.84 bits per heavy atom. The van der Waals surface area contributed by atoms with E-state index >= 15 is 0 Å². The lowest BCUT2D eigenvalue weighted by Gasteiger charge is -2.03. The first-order valence-corrected chi connectivity index (χ1v) is 6.43. The molecule has 2 heterocycles. The molecule has 19 heavy (non-hydrogen) atoms. The Bertz CT molecular complexity index is 780. The number of hydrogen-bond donors (Lipinski definition) is 2. The van der Waals surface area contributed by atoms with Crippen LogP contribution >= 0.6 is 11.3 Å². The van der Waals surface area contributed by atoms with Gasteiger partial charge in [-0.1, -0.05) is 12.1 Å². The molecule has 94 valence electrons. The summed E-state index contributed by atoms with van der Waals surface area (Å²) in [4.78, 5) is 15.5. The number of fused-ring (bicyclic) bond motifs is 1. The summed E-state index contributed by atoms with van der Waals surface area (Å²) in [6, 6.07) is 9.16. The maximum atomic E-state index is 11.0. The molecule has 0 saturated carbocycles. The number of pyridine rings is 1. The molecule has 5 heteroatoms. The zero-order chi connectivity index (χ0) is 13.4. The monoisotopic (exact) mass is 270 g/mol. The Kier molecular flexibility index (Phi) is 2.68. The lowest BCUT2D eigenvalue weighted by Crippen LogP contribution is -1.89. The van der Waals surface area contributed by atoms with Gasteiger partial charge in [-0.25, -0.2) is 4.79 Å². The van der Waals surface area contributed by atoms with E-state index in [-0.39, 0.29) is 0 Å². The van der Waals surface area contributed by atoms with Gasteiger partial charge in [0.1, 0.15) is 4.88 Å². The van der Waals surface area contributed by atoms with Crippen molar-refractivity contribution in [2.24, 2.45) is 0 Å². The van der Waals surface area contributed by atoms with Crippen molar-refractivity contribution in [3.63, 3.8) is 0 Å². The van der Waals surface area contributed by atoms with Gasteiger partial charge in [0.05, 0.1) is 4.70 Å². The molecule has 0 aliphatic heterocycles. The van der Waals surface area contributed by atoms with Crippen LogP contribution in [0.3, 0.4) is 0 Å². The number of thiophene rings is 1. The minimum Gasteiger partial charge on any atom is -0.477 e.